The monoisotopic (exact) mass is 276 g/mol. The van der Waals surface area contributed by atoms with Gasteiger partial charge in [0.25, 0.3) is 5.56 Å². The first-order chi connectivity index (χ1) is 9.22. The SMILES string of the molecule is Cc1sc2c(=O)n(C3CCCCC3)cnc2c1C=O. The Morgan fingerprint density at radius 2 is 2.11 bits per heavy atom. The van der Waals surface area contributed by atoms with Crippen molar-refractivity contribution in [3.05, 3.63) is 27.1 Å². The highest BCUT2D eigenvalue weighted by Crippen LogP contribution is 2.29. The maximum atomic E-state index is 12.5. The molecule has 0 aromatic carbocycles. The maximum absolute atomic E-state index is 12.5. The van der Waals surface area contributed by atoms with Gasteiger partial charge in [0.1, 0.15) is 4.70 Å². The van der Waals surface area contributed by atoms with Gasteiger partial charge in [-0.1, -0.05) is 19.3 Å². The molecule has 0 spiro atoms. The summed E-state index contributed by atoms with van der Waals surface area (Å²) in [6.07, 6.45) is 8.14. The molecule has 0 N–H and O–H groups in total. The van der Waals surface area contributed by atoms with Crippen LogP contribution >= 0.6 is 11.3 Å². The number of aldehydes is 1. The fraction of sp³-hybridized carbons (Fsp3) is 0.500. The quantitative estimate of drug-likeness (QED) is 0.792. The summed E-state index contributed by atoms with van der Waals surface area (Å²) in [5, 5.41) is 0. The highest BCUT2D eigenvalue weighted by atomic mass is 32.1. The Balaban J connectivity index is 2.15. The molecule has 0 amide bonds. The van der Waals surface area contributed by atoms with Crippen molar-refractivity contribution in [3.8, 4) is 0 Å². The van der Waals surface area contributed by atoms with Crippen LogP contribution in [0.3, 0.4) is 0 Å². The van der Waals surface area contributed by atoms with Crippen LogP contribution in [0.1, 0.15) is 53.4 Å². The lowest BCUT2D eigenvalue weighted by Gasteiger charge is -2.23. The molecular weight excluding hydrogens is 260 g/mol. The van der Waals surface area contributed by atoms with Crippen molar-refractivity contribution in [1.29, 1.82) is 0 Å². The largest absolute Gasteiger partial charge is 0.298 e. The van der Waals surface area contributed by atoms with Crippen LogP contribution in [0, 0.1) is 6.92 Å². The molecule has 1 saturated carbocycles. The molecule has 2 heterocycles. The topological polar surface area (TPSA) is 52.0 Å². The van der Waals surface area contributed by atoms with E-state index in [9.17, 15) is 9.59 Å². The summed E-state index contributed by atoms with van der Waals surface area (Å²) in [5.74, 6) is 0. The van der Waals surface area contributed by atoms with Crippen molar-refractivity contribution < 1.29 is 4.79 Å². The Kier molecular flexibility index (Phi) is 3.22. The summed E-state index contributed by atoms with van der Waals surface area (Å²) in [6.45, 7) is 1.86. The molecule has 4 nitrogen and oxygen atoms in total. The van der Waals surface area contributed by atoms with Gasteiger partial charge in [-0.3, -0.25) is 14.2 Å². The Labute approximate surface area is 115 Å². The molecule has 3 rings (SSSR count). The lowest BCUT2D eigenvalue weighted by molar-refractivity contribution is 0.112. The van der Waals surface area contributed by atoms with Gasteiger partial charge in [0.15, 0.2) is 6.29 Å². The lowest BCUT2D eigenvalue weighted by Crippen LogP contribution is -2.26. The molecule has 1 aliphatic carbocycles. The molecule has 0 atom stereocenters. The van der Waals surface area contributed by atoms with Crippen molar-refractivity contribution in [1.82, 2.24) is 9.55 Å². The van der Waals surface area contributed by atoms with Crippen LogP contribution in [0.4, 0.5) is 0 Å². The van der Waals surface area contributed by atoms with E-state index in [4.69, 9.17) is 0 Å². The van der Waals surface area contributed by atoms with Crippen LogP contribution < -0.4 is 5.56 Å². The molecule has 0 bridgehead atoms. The smallest absolute Gasteiger partial charge is 0.271 e. The fourth-order valence-corrected chi connectivity index (χ4v) is 3.88. The van der Waals surface area contributed by atoms with Crippen LogP contribution in [-0.2, 0) is 0 Å². The standard InChI is InChI=1S/C14H16N2O2S/c1-9-11(7-17)12-13(19-9)14(18)16(8-15-12)10-5-3-2-4-6-10/h7-8,10H,2-6H2,1H3. The number of aromatic nitrogens is 2. The third kappa shape index (κ3) is 2.02. The van der Waals surface area contributed by atoms with Gasteiger partial charge < -0.3 is 0 Å². The predicted octanol–water partition coefficient (Wildman–Crippen LogP) is 3.08. The molecule has 0 saturated heterocycles. The summed E-state index contributed by atoms with van der Waals surface area (Å²) in [6, 6.07) is 0.278. The van der Waals surface area contributed by atoms with Crippen LogP contribution in [0.2, 0.25) is 0 Å². The van der Waals surface area contributed by atoms with Crippen molar-refractivity contribution in [2.24, 2.45) is 0 Å². The zero-order valence-corrected chi connectivity index (χ0v) is 11.7. The molecule has 1 fully saturated rings. The minimum absolute atomic E-state index is 0.0121. The summed E-state index contributed by atoms with van der Waals surface area (Å²) in [4.78, 5) is 28.8. The van der Waals surface area contributed by atoms with E-state index in [1.807, 2.05) is 6.92 Å². The van der Waals surface area contributed by atoms with Gasteiger partial charge in [0, 0.05) is 10.9 Å². The van der Waals surface area contributed by atoms with E-state index in [-0.39, 0.29) is 11.6 Å². The van der Waals surface area contributed by atoms with E-state index < -0.39 is 0 Å². The molecule has 0 unspecified atom stereocenters. The first kappa shape index (κ1) is 12.5. The van der Waals surface area contributed by atoms with E-state index in [0.29, 0.717) is 15.8 Å². The summed E-state index contributed by atoms with van der Waals surface area (Å²) >= 11 is 1.38. The number of carbonyl (C=O) groups is 1. The van der Waals surface area contributed by atoms with Gasteiger partial charge in [-0.2, -0.15) is 0 Å². The van der Waals surface area contributed by atoms with Crippen LogP contribution in [0.15, 0.2) is 11.1 Å². The Morgan fingerprint density at radius 3 is 2.79 bits per heavy atom. The molecule has 5 heteroatoms. The van der Waals surface area contributed by atoms with Crippen molar-refractivity contribution in [2.75, 3.05) is 0 Å². The zero-order valence-electron chi connectivity index (χ0n) is 10.9. The third-order valence-corrected chi connectivity index (χ3v) is 5.03. The highest BCUT2D eigenvalue weighted by molar-refractivity contribution is 7.19. The number of fused-ring (bicyclic) bond motifs is 1. The Hall–Kier alpha value is -1.49. The van der Waals surface area contributed by atoms with Crippen LogP contribution in [-0.4, -0.2) is 15.8 Å². The highest BCUT2D eigenvalue weighted by Gasteiger charge is 2.20. The normalized spacial score (nSPS) is 16.9. The van der Waals surface area contributed by atoms with Gasteiger partial charge in [0.2, 0.25) is 0 Å². The van der Waals surface area contributed by atoms with Crippen LogP contribution in [0.25, 0.3) is 10.2 Å². The number of thiophene rings is 1. The molecule has 0 aliphatic heterocycles. The van der Waals surface area contributed by atoms with Crippen LogP contribution in [0.5, 0.6) is 0 Å². The second-order valence-electron chi connectivity index (χ2n) is 5.12. The molecular formula is C14H16N2O2S. The van der Waals surface area contributed by atoms with Gasteiger partial charge in [-0.15, -0.1) is 11.3 Å². The van der Waals surface area contributed by atoms with E-state index in [1.54, 1.807) is 10.9 Å². The van der Waals surface area contributed by atoms with Gasteiger partial charge >= 0.3 is 0 Å². The lowest BCUT2D eigenvalue weighted by atomic mass is 9.95. The predicted molar refractivity (Wildman–Crippen MR) is 76.1 cm³/mol. The van der Waals surface area contributed by atoms with E-state index in [2.05, 4.69) is 4.98 Å². The number of nitrogens with zero attached hydrogens (tertiary/aromatic N) is 2. The minimum atomic E-state index is 0.0121. The number of hydrogen-bond acceptors (Lipinski definition) is 4. The molecule has 1 aliphatic rings. The average Bonchev–Trinajstić information content (AvgIpc) is 2.77. The Bertz CT molecular complexity index is 681. The zero-order chi connectivity index (χ0) is 13.4. The number of aryl methyl sites for hydroxylation is 1. The molecule has 2 aromatic rings. The fourth-order valence-electron chi connectivity index (χ4n) is 2.87. The van der Waals surface area contributed by atoms with Gasteiger partial charge in [-0.25, -0.2) is 4.98 Å². The average molecular weight is 276 g/mol. The van der Waals surface area contributed by atoms with E-state index in [1.165, 1.54) is 30.6 Å². The number of hydrogen-bond donors (Lipinski definition) is 0. The molecule has 2 aromatic heterocycles. The first-order valence-electron chi connectivity index (χ1n) is 6.68. The number of rotatable bonds is 2. The third-order valence-electron chi connectivity index (χ3n) is 3.93. The van der Waals surface area contributed by atoms with Crippen molar-refractivity contribution >= 4 is 27.8 Å². The number of carbonyl (C=O) groups excluding carboxylic acids is 1. The summed E-state index contributed by atoms with van der Waals surface area (Å²) in [7, 11) is 0. The molecule has 0 radical (unpaired) electrons. The van der Waals surface area contributed by atoms with Crippen molar-refractivity contribution in [3.63, 3.8) is 0 Å². The van der Waals surface area contributed by atoms with Crippen molar-refractivity contribution in [2.45, 2.75) is 45.1 Å². The van der Waals surface area contributed by atoms with Gasteiger partial charge in [-0.05, 0) is 19.8 Å². The summed E-state index contributed by atoms with van der Waals surface area (Å²) in [5.41, 5.74) is 1.14. The van der Waals surface area contributed by atoms with E-state index in [0.717, 1.165) is 24.0 Å². The van der Waals surface area contributed by atoms with Gasteiger partial charge in [0.05, 0.1) is 17.4 Å². The minimum Gasteiger partial charge on any atom is -0.298 e. The Morgan fingerprint density at radius 1 is 1.37 bits per heavy atom. The maximum Gasteiger partial charge on any atom is 0.271 e. The second kappa shape index (κ2) is 4.89. The summed E-state index contributed by atoms with van der Waals surface area (Å²) < 4.78 is 2.39. The molecule has 19 heavy (non-hydrogen) atoms. The molecule has 100 valence electrons. The second-order valence-corrected chi connectivity index (χ2v) is 6.34. The van der Waals surface area contributed by atoms with E-state index >= 15 is 0 Å². The first-order valence-corrected chi connectivity index (χ1v) is 7.49.